The predicted molar refractivity (Wildman–Crippen MR) is 62.4 cm³/mol. The maximum Gasteiger partial charge on any atom is 0.158 e. The number of aromatic nitrogens is 1. The van der Waals surface area contributed by atoms with E-state index in [0.29, 0.717) is 5.41 Å². The molecule has 0 aromatic carbocycles. The van der Waals surface area contributed by atoms with E-state index in [1.54, 1.807) is 4.88 Å². The molecule has 0 saturated heterocycles. The van der Waals surface area contributed by atoms with E-state index in [1.807, 2.05) is 11.3 Å². The van der Waals surface area contributed by atoms with Gasteiger partial charge in [0.15, 0.2) is 3.95 Å². The van der Waals surface area contributed by atoms with Crippen LogP contribution in [0, 0.1) is 9.37 Å². The lowest BCUT2D eigenvalue weighted by atomic mass is 9.74. The summed E-state index contributed by atoms with van der Waals surface area (Å²) in [4.78, 5) is 4.89. The van der Waals surface area contributed by atoms with Gasteiger partial charge in [-0.1, -0.05) is 12.8 Å². The second-order valence-corrected chi connectivity index (χ2v) is 6.57. The monoisotopic (exact) mass is 225 g/mol. The Morgan fingerprint density at radius 1 is 1.21 bits per heavy atom. The molecule has 0 amide bonds. The number of nitrogens with one attached hydrogen (secondary N) is 1. The van der Waals surface area contributed by atoms with E-state index in [1.165, 1.54) is 50.6 Å². The van der Waals surface area contributed by atoms with Gasteiger partial charge in [-0.3, -0.25) is 0 Å². The Kier molecular flexibility index (Phi) is 2.06. The lowest BCUT2D eigenvalue weighted by Crippen LogP contribution is -2.24. The third kappa shape index (κ3) is 1.38. The Balaban J connectivity index is 1.95. The van der Waals surface area contributed by atoms with Crippen molar-refractivity contribution in [2.24, 2.45) is 5.41 Å². The molecule has 1 aromatic heterocycles. The maximum atomic E-state index is 5.21. The minimum Gasteiger partial charge on any atom is -0.341 e. The van der Waals surface area contributed by atoms with Crippen LogP contribution in [0.4, 0.5) is 0 Å². The molecule has 1 aromatic rings. The van der Waals surface area contributed by atoms with Crippen LogP contribution in [0.5, 0.6) is 0 Å². The number of rotatable bonds is 0. The Labute approximate surface area is 93.6 Å². The third-order valence-electron chi connectivity index (χ3n) is 3.91. The van der Waals surface area contributed by atoms with Gasteiger partial charge >= 0.3 is 0 Å². The molecule has 0 aliphatic heterocycles. The average Bonchev–Trinajstić information content (AvgIpc) is 2.72. The van der Waals surface area contributed by atoms with Crippen LogP contribution in [0.1, 0.15) is 42.7 Å². The van der Waals surface area contributed by atoms with Crippen molar-refractivity contribution in [1.82, 2.24) is 4.98 Å². The van der Waals surface area contributed by atoms with Gasteiger partial charge in [-0.25, -0.2) is 0 Å². The van der Waals surface area contributed by atoms with Crippen molar-refractivity contribution in [3.63, 3.8) is 0 Å². The van der Waals surface area contributed by atoms with Crippen LogP contribution in [-0.2, 0) is 12.8 Å². The standard InChI is InChI=1S/C11H15NS2/c13-10-12-8-3-6-11(4-1-2-5-11)7-9(8)14-10/h1-7H2,(H,12,13). The van der Waals surface area contributed by atoms with Gasteiger partial charge < -0.3 is 4.98 Å². The van der Waals surface area contributed by atoms with Crippen molar-refractivity contribution in [3.8, 4) is 0 Å². The van der Waals surface area contributed by atoms with E-state index >= 15 is 0 Å². The Bertz CT molecular complexity index is 396. The summed E-state index contributed by atoms with van der Waals surface area (Å²) in [5.41, 5.74) is 2.12. The van der Waals surface area contributed by atoms with Crippen LogP contribution in [0.25, 0.3) is 0 Å². The molecular formula is C11H15NS2. The molecular weight excluding hydrogens is 210 g/mol. The molecule has 1 nitrogen and oxygen atoms in total. The zero-order valence-corrected chi connectivity index (χ0v) is 9.90. The van der Waals surface area contributed by atoms with Crippen LogP contribution in [-0.4, -0.2) is 4.98 Å². The third-order valence-corrected chi connectivity index (χ3v) is 5.19. The zero-order chi connectivity index (χ0) is 9.60. The molecule has 14 heavy (non-hydrogen) atoms. The number of aryl methyl sites for hydroxylation is 1. The molecule has 0 bridgehead atoms. The van der Waals surface area contributed by atoms with E-state index in [2.05, 4.69) is 4.98 Å². The molecule has 2 aliphatic rings. The van der Waals surface area contributed by atoms with E-state index in [9.17, 15) is 0 Å². The molecule has 1 fully saturated rings. The fraction of sp³-hybridized carbons (Fsp3) is 0.727. The molecule has 0 unspecified atom stereocenters. The first-order valence-corrected chi connectivity index (χ1v) is 6.71. The first-order chi connectivity index (χ1) is 6.77. The predicted octanol–water partition coefficient (Wildman–Crippen LogP) is 3.85. The smallest absolute Gasteiger partial charge is 0.158 e. The Morgan fingerprint density at radius 2 is 2.00 bits per heavy atom. The molecule has 0 radical (unpaired) electrons. The van der Waals surface area contributed by atoms with Gasteiger partial charge in [-0.05, 0) is 49.7 Å². The fourth-order valence-corrected chi connectivity index (χ4v) is 4.59. The van der Waals surface area contributed by atoms with Crippen LogP contribution < -0.4 is 0 Å². The average molecular weight is 225 g/mol. The van der Waals surface area contributed by atoms with E-state index < -0.39 is 0 Å². The van der Waals surface area contributed by atoms with E-state index in [-0.39, 0.29) is 0 Å². The van der Waals surface area contributed by atoms with Gasteiger partial charge in [0.1, 0.15) is 0 Å². The van der Waals surface area contributed by atoms with Crippen molar-refractivity contribution >= 4 is 23.6 Å². The van der Waals surface area contributed by atoms with Gasteiger partial charge in [0.05, 0.1) is 0 Å². The minimum absolute atomic E-state index is 0.674. The van der Waals surface area contributed by atoms with Gasteiger partial charge in [0.25, 0.3) is 0 Å². The highest BCUT2D eigenvalue weighted by molar-refractivity contribution is 7.73. The van der Waals surface area contributed by atoms with Gasteiger partial charge in [0, 0.05) is 10.6 Å². The topological polar surface area (TPSA) is 15.8 Å². The summed E-state index contributed by atoms with van der Waals surface area (Å²) >= 11 is 7.02. The molecule has 0 atom stereocenters. The number of thiazole rings is 1. The lowest BCUT2D eigenvalue weighted by Gasteiger charge is -2.32. The number of hydrogen-bond acceptors (Lipinski definition) is 2. The van der Waals surface area contributed by atoms with Crippen molar-refractivity contribution < 1.29 is 0 Å². The summed E-state index contributed by atoms with van der Waals surface area (Å²) in [6, 6.07) is 0. The number of H-pyrrole nitrogens is 1. The highest BCUT2D eigenvalue weighted by Crippen LogP contribution is 2.48. The second kappa shape index (κ2) is 3.17. The molecule has 1 heterocycles. The van der Waals surface area contributed by atoms with Gasteiger partial charge in [-0.2, -0.15) is 0 Å². The highest BCUT2D eigenvalue weighted by Gasteiger charge is 2.37. The van der Waals surface area contributed by atoms with Crippen molar-refractivity contribution in [2.75, 3.05) is 0 Å². The molecule has 1 N–H and O–H groups in total. The summed E-state index contributed by atoms with van der Waals surface area (Å²) in [5, 5.41) is 0. The molecule has 76 valence electrons. The lowest BCUT2D eigenvalue weighted by molar-refractivity contribution is 0.256. The summed E-state index contributed by atoms with van der Waals surface area (Å²) in [7, 11) is 0. The van der Waals surface area contributed by atoms with Crippen molar-refractivity contribution in [3.05, 3.63) is 14.5 Å². The summed E-state index contributed by atoms with van der Waals surface area (Å²) < 4.78 is 0.977. The summed E-state index contributed by atoms with van der Waals surface area (Å²) in [6.45, 7) is 0. The van der Waals surface area contributed by atoms with Gasteiger partial charge in [-0.15, -0.1) is 11.3 Å². The molecule has 1 spiro atoms. The molecule has 3 heteroatoms. The summed E-state index contributed by atoms with van der Waals surface area (Å²) in [6.07, 6.45) is 9.75. The number of fused-ring (bicyclic) bond motifs is 1. The Hall–Kier alpha value is -0.150. The van der Waals surface area contributed by atoms with Crippen LogP contribution in [0.2, 0.25) is 0 Å². The van der Waals surface area contributed by atoms with Crippen LogP contribution in [0.15, 0.2) is 0 Å². The first-order valence-electron chi connectivity index (χ1n) is 5.48. The van der Waals surface area contributed by atoms with E-state index in [0.717, 1.165) is 3.95 Å². The molecule has 1 saturated carbocycles. The first kappa shape index (κ1) is 9.10. The quantitative estimate of drug-likeness (QED) is 0.663. The zero-order valence-electron chi connectivity index (χ0n) is 8.27. The molecule has 3 rings (SSSR count). The molecule has 2 aliphatic carbocycles. The normalized spacial score (nSPS) is 24.0. The van der Waals surface area contributed by atoms with Crippen molar-refractivity contribution in [2.45, 2.75) is 44.9 Å². The second-order valence-electron chi connectivity index (χ2n) is 4.80. The van der Waals surface area contributed by atoms with E-state index in [4.69, 9.17) is 12.2 Å². The number of aromatic amines is 1. The minimum atomic E-state index is 0.674. The fourth-order valence-electron chi connectivity index (χ4n) is 3.11. The van der Waals surface area contributed by atoms with Crippen LogP contribution >= 0.6 is 23.6 Å². The Morgan fingerprint density at radius 3 is 2.79 bits per heavy atom. The largest absolute Gasteiger partial charge is 0.341 e. The maximum absolute atomic E-state index is 5.21. The summed E-state index contributed by atoms with van der Waals surface area (Å²) in [5.74, 6) is 0. The van der Waals surface area contributed by atoms with Crippen molar-refractivity contribution in [1.29, 1.82) is 0 Å². The SMILES string of the molecule is S=c1[nH]c2c(s1)CC1(CCCC1)CC2. The van der Waals surface area contributed by atoms with Gasteiger partial charge in [0.2, 0.25) is 0 Å². The van der Waals surface area contributed by atoms with Crippen LogP contribution in [0.3, 0.4) is 0 Å². The highest BCUT2D eigenvalue weighted by atomic mass is 32.1. The number of hydrogen-bond donors (Lipinski definition) is 1.